The normalized spacial score (nSPS) is 15.8. The fourth-order valence-electron chi connectivity index (χ4n) is 3.05. The van der Waals surface area contributed by atoms with Gasteiger partial charge in [-0.2, -0.15) is 4.98 Å². The van der Waals surface area contributed by atoms with Crippen molar-refractivity contribution in [1.29, 1.82) is 0 Å². The van der Waals surface area contributed by atoms with Crippen LogP contribution in [0, 0.1) is 0 Å². The van der Waals surface area contributed by atoms with Gasteiger partial charge in [-0.3, -0.25) is 4.99 Å². The predicted molar refractivity (Wildman–Crippen MR) is 126 cm³/mol. The molecule has 1 saturated heterocycles. The molecule has 1 aliphatic rings. The van der Waals surface area contributed by atoms with E-state index in [4.69, 9.17) is 10.3 Å². The number of piperazine rings is 1. The quantitative estimate of drug-likeness (QED) is 0.311. The van der Waals surface area contributed by atoms with E-state index in [9.17, 15) is 0 Å². The van der Waals surface area contributed by atoms with Crippen LogP contribution < -0.4 is 10.6 Å². The summed E-state index contributed by atoms with van der Waals surface area (Å²) in [5.41, 5.74) is 7.15. The van der Waals surface area contributed by atoms with Gasteiger partial charge < -0.3 is 20.1 Å². The van der Waals surface area contributed by atoms with Crippen molar-refractivity contribution in [1.82, 2.24) is 20.0 Å². The smallest absolute Gasteiger partial charge is 0.231 e. The molecule has 8 nitrogen and oxygen atoms in total. The van der Waals surface area contributed by atoms with E-state index in [1.807, 2.05) is 48.8 Å². The molecule has 0 aliphatic carbocycles. The molecule has 0 saturated carbocycles. The summed E-state index contributed by atoms with van der Waals surface area (Å²) >= 11 is 1.66. The van der Waals surface area contributed by atoms with Gasteiger partial charge in [-0.25, -0.2) is 4.98 Å². The number of aliphatic imine (C=N–C) groups is 1. The number of hydrogen-bond donors (Lipinski definition) is 1. The van der Waals surface area contributed by atoms with Gasteiger partial charge in [-0.05, 0) is 0 Å². The molecule has 4 rings (SSSR count). The first-order chi connectivity index (χ1) is 13.7. The highest BCUT2D eigenvalue weighted by molar-refractivity contribution is 14.0. The zero-order chi connectivity index (χ0) is 19.3. The summed E-state index contributed by atoms with van der Waals surface area (Å²) in [6.07, 6.45) is 1.84. The third-order valence-electron chi connectivity index (χ3n) is 4.72. The number of aromatic nitrogens is 3. The number of halogens is 1. The molecule has 1 aliphatic heterocycles. The number of rotatable bonds is 5. The second-order valence-corrected chi connectivity index (χ2v) is 7.58. The molecular weight excluding hydrogens is 501 g/mol. The van der Waals surface area contributed by atoms with Gasteiger partial charge in [-0.1, -0.05) is 42.4 Å². The van der Waals surface area contributed by atoms with Crippen molar-refractivity contribution in [2.75, 3.05) is 37.6 Å². The van der Waals surface area contributed by atoms with Crippen LogP contribution in [0.1, 0.15) is 18.7 Å². The Morgan fingerprint density at radius 2 is 2.00 bits per heavy atom. The SMILES string of the molecule is CC(CN=C(N)N1CCN(c2nccs2)CC1)c1nc(-c2ccccc2)no1.I. The van der Waals surface area contributed by atoms with Crippen LogP contribution in [-0.4, -0.2) is 58.7 Å². The average Bonchev–Trinajstić information content (AvgIpc) is 3.45. The second-order valence-electron chi connectivity index (χ2n) is 6.71. The van der Waals surface area contributed by atoms with Crippen LogP contribution in [0.3, 0.4) is 0 Å². The fraction of sp³-hybridized carbons (Fsp3) is 0.368. The number of guanidine groups is 1. The minimum atomic E-state index is 0. The fourth-order valence-corrected chi connectivity index (χ4v) is 3.74. The van der Waals surface area contributed by atoms with E-state index in [-0.39, 0.29) is 29.9 Å². The Labute approximate surface area is 190 Å². The summed E-state index contributed by atoms with van der Waals surface area (Å²) < 4.78 is 5.42. The molecule has 10 heteroatoms. The zero-order valence-electron chi connectivity index (χ0n) is 16.1. The third-order valence-corrected chi connectivity index (χ3v) is 5.55. The first-order valence-electron chi connectivity index (χ1n) is 9.29. The summed E-state index contributed by atoms with van der Waals surface area (Å²) in [7, 11) is 0. The van der Waals surface area contributed by atoms with Crippen LogP contribution in [-0.2, 0) is 0 Å². The van der Waals surface area contributed by atoms with Gasteiger partial charge in [0.25, 0.3) is 0 Å². The number of thiazole rings is 1. The first-order valence-corrected chi connectivity index (χ1v) is 10.2. The predicted octanol–water partition coefficient (Wildman–Crippen LogP) is 3.05. The summed E-state index contributed by atoms with van der Waals surface area (Å²) in [6, 6.07) is 9.78. The molecule has 154 valence electrons. The monoisotopic (exact) mass is 525 g/mol. The van der Waals surface area contributed by atoms with E-state index >= 15 is 0 Å². The standard InChI is InChI=1S/C19H23N7OS.HI/c1-14(17-23-16(24-27-17)15-5-3-2-4-6-15)13-22-18(20)25-8-10-26(11-9-25)19-21-7-12-28-19;/h2-7,12,14H,8-11,13H2,1H3,(H2,20,22);1H. The Bertz CT molecular complexity index is 908. The Morgan fingerprint density at radius 1 is 1.24 bits per heavy atom. The van der Waals surface area contributed by atoms with Gasteiger partial charge in [0.05, 0.1) is 12.5 Å². The highest BCUT2D eigenvalue weighted by Gasteiger charge is 2.20. The van der Waals surface area contributed by atoms with Crippen LogP contribution >= 0.6 is 35.3 Å². The number of nitrogens with zero attached hydrogens (tertiary/aromatic N) is 6. The maximum atomic E-state index is 6.21. The molecule has 0 amide bonds. The van der Waals surface area contributed by atoms with Crippen molar-refractivity contribution in [2.45, 2.75) is 12.8 Å². The van der Waals surface area contributed by atoms with Gasteiger partial charge in [0.1, 0.15) is 0 Å². The van der Waals surface area contributed by atoms with Crippen molar-refractivity contribution in [2.24, 2.45) is 10.7 Å². The summed E-state index contributed by atoms with van der Waals surface area (Å²) in [5.74, 6) is 1.73. The van der Waals surface area contributed by atoms with Crippen LogP contribution in [0.15, 0.2) is 51.4 Å². The highest BCUT2D eigenvalue weighted by Crippen LogP contribution is 2.20. The van der Waals surface area contributed by atoms with E-state index in [0.717, 1.165) is 36.9 Å². The van der Waals surface area contributed by atoms with Gasteiger partial charge in [0.15, 0.2) is 11.1 Å². The van der Waals surface area contributed by atoms with Crippen molar-refractivity contribution >= 4 is 46.4 Å². The number of nitrogens with two attached hydrogens (primary N) is 1. The van der Waals surface area contributed by atoms with E-state index in [1.165, 1.54) is 0 Å². The maximum Gasteiger partial charge on any atom is 0.231 e. The number of hydrogen-bond acceptors (Lipinski definition) is 7. The summed E-state index contributed by atoms with van der Waals surface area (Å²) in [5, 5.41) is 7.13. The van der Waals surface area contributed by atoms with Crippen molar-refractivity contribution in [3.63, 3.8) is 0 Å². The molecule has 1 aromatic carbocycles. The minimum absolute atomic E-state index is 0. The average molecular weight is 525 g/mol. The summed E-state index contributed by atoms with van der Waals surface area (Å²) in [4.78, 5) is 17.8. The maximum absolute atomic E-state index is 6.21. The van der Waals surface area contributed by atoms with Crippen molar-refractivity contribution < 1.29 is 4.52 Å². The highest BCUT2D eigenvalue weighted by atomic mass is 127. The molecular formula is C19H24IN7OS. The lowest BCUT2D eigenvalue weighted by molar-refractivity contribution is 0.358. The topological polar surface area (TPSA) is 96.7 Å². The van der Waals surface area contributed by atoms with Crippen LogP contribution in [0.2, 0.25) is 0 Å². The molecule has 29 heavy (non-hydrogen) atoms. The van der Waals surface area contributed by atoms with Crippen LogP contribution in [0.25, 0.3) is 11.4 Å². The molecule has 1 fully saturated rings. The lowest BCUT2D eigenvalue weighted by atomic mass is 10.2. The van der Waals surface area contributed by atoms with Gasteiger partial charge >= 0.3 is 0 Å². The van der Waals surface area contributed by atoms with Crippen molar-refractivity contribution in [3.05, 3.63) is 47.8 Å². The molecule has 3 aromatic rings. The molecule has 1 atom stereocenters. The Morgan fingerprint density at radius 3 is 2.69 bits per heavy atom. The van der Waals surface area contributed by atoms with Gasteiger partial charge in [0, 0.05) is 43.3 Å². The largest absolute Gasteiger partial charge is 0.370 e. The lowest BCUT2D eigenvalue weighted by Crippen LogP contribution is -2.51. The Kier molecular flexibility index (Phi) is 7.42. The molecule has 0 radical (unpaired) electrons. The Hall–Kier alpha value is -2.21. The van der Waals surface area contributed by atoms with E-state index < -0.39 is 0 Å². The van der Waals surface area contributed by atoms with E-state index in [1.54, 1.807) is 11.3 Å². The zero-order valence-corrected chi connectivity index (χ0v) is 19.3. The minimum Gasteiger partial charge on any atom is -0.370 e. The van der Waals surface area contributed by atoms with Gasteiger partial charge in [-0.15, -0.1) is 35.3 Å². The second kappa shape index (κ2) is 10.0. The van der Waals surface area contributed by atoms with E-state index in [0.29, 0.717) is 24.2 Å². The van der Waals surface area contributed by atoms with Crippen molar-refractivity contribution in [3.8, 4) is 11.4 Å². The molecule has 0 spiro atoms. The molecule has 1 unspecified atom stereocenters. The summed E-state index contributed by atoms with van der Waals surface area (Å²) in [6.45, 7) is 5.98. The number of anilines is 1. The van der Waals surface area contributed by atoms with Gasteiger partial charge in [0.2, 0.25) is 11.7 Å². The molecule has 2 aromatic heterocycles. The van der Waals surface area contributed by atoms with Crippen LogP contribution in [0.4, 0.5) is 5.13 Å². The molecule has 3 heterocycles. The lowest BCUT2D eigenvalue weighted by Gasteiger charge is -2.35. The number of benzene rings is 1. The Balaban J connectivity index is 0.00000240. The molecule has 0 bridgehead atoms. The van der Waals surface area contributed by atoms with Crippen LogP contribution in [0.5, 0.6) is 0 Å². The first kappa shape index (κ1) is 21.5. The van der Waals surface area contributed by atoms with E-state index in [2.05, 4.69) is 29.9 Å². The molecule has 2 N–H and O–H groups in total. The third kappa shape index (κ3) is 5.24.